The minimum absolute atomic E-state index is 0.0392. The fourth-order valence-corrected chi connectivity index (χ4v) is 4.84. The van der Waals surface area contributed by atoms with E-state index in [9.17, 15) is 13.2 Å². The molecular formula is C20H20N2O4S. The molecule has 0 radical (unpaired) electrons. The van der Waals surface area contributed by atoms with Crippen molar-refractivity contribution in [2.45, 2.75) is 16.3 Å². The van der Waals surface area contributed by atoms with Gasteiger partial charge in [-0.3, -0.25) is 4.79 Å². The van der Waals surface area contributed by atoms with Crippen LogP contribution in [0.4, 0.5) is 0 Å². The van der Waals surface area contributed by atoms with Crippen molar-refractivity contribution in [2.75, 3.05) is 26.3 Å². The molecule has 0 spiro atoms. The standard InChI is InChI=1S/C20H20N2O4S/c23-20(21-10-12-26-13-11-21)15-22-14-19(17-8-4-5-9-18(17)22)27(24,25)16-6-2-1-3-7-16/h1-9,14H,10-13,15H2. The molecule has 1 saturated heterocycles. The highest BCUT2D eigenvalue weighted by Crippen LogP contribution is 2.30. The van der Waals surface area contributed by atoms with E-state index in [0.717, 1.165) is 5.52 Å². The fourth-order valence-electron chi connectivity index (χ4n) is 3.34. The van der Waals surface area contributed by atoms with Crippen LogP contribution in [0.5, 0.6) is 0 Å². The van der Waals surface area contributed by atoms with E-state index in [1.165, 1.54) is 0 Å². The Hall–Kier alpha value is -2.64. The van der Waals surface area contributed by atoms with Crippen molar-refractivity contribution >= 4 is 26.6 Å². The summed E-state index contributed by atoms with van der Waals surface area (Å²) in [6.45, 7) is 2.29. The summed E-state index contributed by atoms with van der Waals surface area (Å²) in [4.78, 5) is 14.9. The van der Waals surface area contributed by atoms with Crippen molar-refractivity contribution in [1.82, 2.24) is 9.47 Å². The van der Waals surface area contributed by atoms with Gasteiger partial charge in [-0.15, -0.1) is 0 Å². The third kappa shape index (κ3) is 3.36. The Bertz CT molecular complexity index is 1070. The van der Waals surface area contributed by atoms with Gasteiger partial charge in [0, 0.05) is 30.2 Å². The van der Waals surface area contributed by atoms with Gasteiger partial charge in [0.1, 0.15) is 6.54 Å². The molecule has 1 aromatic heterocycles. The average Bonchev–Trinajstić information content (AvgIpc) is 3.09. The summed E-state index contributed by atoms with van der Waals surface area (Å²) in [6, 6.07) is 15.6. The lowest BCUT2D eigenvalue weighted by molar-refractivity contribution is -0.135. The number of ether oxygens (including phenoxy) is 1. The molecule has 1 fully saturated rings. The summed E-state index contributed by atoms with van der Waals surface area (Å²) in [5, 5.41) is 0.621. The molecule has 3 aromatic rings. The first-order valence-electron chi connectivity index (χ1n) is 8.81. The smallest absolute Gasteiger partial charge is 0.242 e. The van der Waals surface area contributed by atoms with E-state index in [1.54, 1.807) is 58.1 Å². The van der Waals surface area contributed by atoms with Crippen LogP contribution in [-0.2, 0) is 25.9 Å². The minimum atomic E-state index is -3.67. The number of rotatable bonds is 4. The van der Waals surface area contributed by atoms with Crippen LogP contribution in [0, 0.1) is 0 Å². The zero-order chi connectivity index (χ0) is 18.9. The van der Waals surface area contributed by atoms with Gasteiger partial charge in [0.15, 0.2) is 0 Å². The van der Waals surface area contributed by atoms with Gasteiger partial charge in [-0.05, 0) is 18.2 Å². The van der Waals surface area contributed by atoms with Crippen LogP contribution in [0.15, 0.2) is 70.6 Å². The van der Waals surface area contributed by atoms with E-state index in [1.807, 2.05) is 12.1 Å². The number of carbonyl (C=O) groups excluding carboxylic acids is 1. The maximum atomic E-state index is 13.1. The first-order valence-corrected chi connectivity index (χ1v) is 10.3. The van der Waals surface area contributed by atoms with Crippen molar-refractivity contribution in [3.63, 3.8) is 0 Å². The van der Waals surface area contributed by atoms with Gasteiger partial charge in [0.25, 0.3) is 0 Å². The average molecular weight is 384 g/mol. The topological polar surface area (TPSA) is 68.6 Å². The van der Waals surface area contributed by atoms with E-state index in [2.05, 4.69) is 0 Å². The first-order chi connectivity index (χ1) is 13.1. The second-order valence-electron chi connectivity index (χ2n) is 6.45. The molecule has 4 rings (SSSR count). The monoisotopic (exact) mass is 384 g/mol. The summed E-state index contributed by atoms with van der Waals surface area (Å²) < 4.78 is 33.3. The van der Waals surface area contributed by atoms with E-state index >= 15 is 0 Å². The molecule has 2 heterocycles. The zero-order valence-corrected chi connectivity index (χ0v) is 15.6. The number of sulfone groups is 1. The molecule has 0 bridgehead atoms. The lowest BCUT2D eigenvalue weighted by Gasteiger charge is -2.27. The van der Waals surface area contributed by atoms with Crippen LogP contribution < -0.4 is 0 Å². The predicted octanol–water partition coefficient (Wildman–Crippen LogP) is 2.33. The normalized spacial score (nSPS) is 15.2. The Morgan fingerprint density at radius 3 is 2.37 bits per heavy atom. The lowest BCUT2D eigenvalue weighted by Crippen LogP contribution is -2.42. The Morgan fingerprint density at radius 1 is 0.963 bits per heavy atom. The van der Waals surface area contributed by atoms with Gasteiger partial charge in [0.2, 0.25) is 15.7 Å². The number of hydrogen-bond donors (Lipinski definition) is 0. The fraction of sp³-hybridized carbons (Fsp3) is 0.250. The van der Waals surface area contributed by atoms with Crippen molar-refractivity contribution < 1.29 is 17.9 Å². The molecule has 0 saturated carbocycles. The summed E-state index contributed by atoms with van der Waals surface area (Å²) in [5.41, 5.74) is 0.730. The van der Waals surface area contributed by atoms with Gasteiger partial charge in [-0.1, -0.05) is 36.4 Å². The van der Waals surface area contributed by atoms with E-state index in [0.29, 0.717) is 31.7 Å². The molecule has 1 aliphatic heterocycles. The number of para-hydroxylation sites is 1. The highest BCUT2D eigenvalue weighted by atomic mass is 32.2. The first kappa shape index (κ1) is 17.8. The molecule has 0 unspecified atom stereocenters. The summed E-state index contributed by atoms with van der Waals surface area (Å²) >= 11 is 0. The Labute approximate surface area is 157 Å². The molecule has 0 N–H and O–H groups in total. The number of carbonyl (C=O) groups is 1. The molecule has 140 valence electrons. The number of nitrogens with zero attached hydrogens (tertiary/aromatic N) is 2. The summed E-state index contributed by atoms with van der Waals surface area (Å²) in [6.07, 6.45) is 1.57. The molecule has 6 nitrogen and oxygen atoms in total. The maximum absolute atomic E-state index is 13.1. The maximum Gasteiger partial charge on any atom is 0.242 e. The lowest BCUT2D eigenvalue weighted by atomic mass is 10.2. The van der Waals surface area contributed by atoms with Gasteiger partial charge >= 0.3 is 0 Å². The quantitative estimate of drug-likeness (QED) is 0.692. The zero-order valence-electron chi connectivity index (χ0n) is 14.7. The number of fused-ring (bicyclic) bond motifs is 1. The van der Waals surface area contributed by atoms with Crippen molar-refractivity contribution in [3.05, 3.63) is 60.8 Å². The molecular weight excluding hydrogens is 364 g/mol. The SMILES string of the molecule is O=C(Cn1cc(S(=O)(=O)c2ccccc2)c2ccccc21)N1CCOCC1. The summed E-state index contributed by atoms with van der Waals surface area (Å²) in [5.74, 6) is -0.0392. The molecule has 2 aromatic carbocycles. The second kappa shape index (κ2) is 7.17. The molecule has 1 aliphatic rings. The van der Waals surface area contributed by atoms with Crippen LogP contribution in [0.1, 0.15) is 0 Å². The Morgan fingerprint density at radius 2 is 1.63 bits per heavy atom. The molecule has 27 heavy (non-hydrogen) atoms. The van der Waals surface area contributed by atoms with Crippen LogP contribution >= 0.6 is 0 Å². The number of benzene rings is 2. The summed E-state index contributed by atoms with van der Waals surface area (Å²) in [7, 11) is -3.67. The molecule has 1 amide bonds. The van der Waals surface area contributed by atoms with Crippen LogP contribution in [0.25, 0.3) is 10.9 Å². The van der Waals surface area contributed by atoms with Crippen molar-refractivity contribution in [1.29, 1.82) is 0 Å². The highest BCUT2D eigenvalue weighted by Gasteiger charge is 2.24. The highest BCUT2D eigenvalue weighted by molar-refractivity contribution is 7.91. The minimum Gasteiger partial charge on any atom is -0.378 e. The van der Waals surface area contributed by atoms with Crippen LogP contribution in [0.3, 0.4) is 0 Å². The van der Waals surface area contributed by atoms with Gasteiger partial charge in [0.05, 0.1) is 23.0 Å². The molecule has 0 aliphatic carbocycles. The van der Waals surface area contributed by atoms with Crippen LogP contribution in [-0.4, -0.2) is 50.1 Å². The van der Waals surface area contributed by atoms with Crippen molar-refractivity contribution in [2.24, 2.45) is 0 Å². The largest absolute Gasteiger partial charge is 0.378 e. The number of hydrogen-bond acceptors (Lipinski definition) is 4. The molecule has 7 heteroatoms. The third-order valence-corrected chi connectivity index (χ3v) is 6.56. The van der Waals surface area contributed by atoms with Gasteiger partial charge in [-0.25, -0.2) is 8.42 Å². The van der Waals surface area contributed by atoms with Crippen LogP contribution in [0.2, 0.25) is 0 Å². The number of aromatic nitrogens is 1. The number of amides is 1. The Kier molecular flexibility index (Phi) is 4.72. The second-order valence-corrected chi connectivity index (χ2v) is 8.37. The third-order valence-electron chi connectivity index (χ3n) is 4.76. The Balaban J connectivity index is 1.74. The van der Waals surface area contributed by atoms with Crippen molar-refractivity contribution in [3.8, 4) is 0 Å². The van der Waals surface area contributed by atoms with E-state index in [4.69, 9.17) is 4.74 Å². The molecule has 0 atom stereocenters. The number of morpholine rings is 1. The predicted molar refractivity (Wildman–Crippen MR) is 101 cm³/mol. The van der Waals surface area contributed by atoms with E-state index < -0.39 is 9.84 Å². The van der Waals surface area contributed by atoms with Gasteiger partial charge < -0.3 is 14.2 Å². The van der Waals surface area contributed by atoms with E-state index in [-0.39, 0.29) is 22.2 Å². The van der Waals surface area contributed by atoms with Gasteiger partial charge in [-0.2, -0.15) is 0 Å².